The van der Waals surface area contributed by atoms with E-state index in [2.05, 4.69) is 38.7 Å². The van der Waals surface area contributed by atoms with E-state index in [0.717, 1.165) is 30.2 Å². The van der Waals surface area contributed by atoms with Gasteiger partial charge in [0.25, 0.3) is 0 Å². The summed E-state index contributed by atoms with van der Waals surface area (Å²) >= 11 is 6.09. The molecular formula is C20H23ClN4O. The molecule has 0 saturated carbocycles. The number of carbonyl (C=O) groups excluding carboxylic acids is 1. The number of rotatable bonds is 4. The van der Waals surface area contributed by atoms with Crippen LogP contribution in [0.5, 0.6) is 0 Å². The third-order valence-electron chi connectivity index (χ3n) is 4.53. The van der Waals surface area contributed by atoms with Crippen LogP contribution in [0.15, 0.2) is 47.5 Å². The van der Waals surface area contributed by atoms with Crippen LogP contribution in [-0.2, 0) is 11.2 Å². The van der Waals surface area contributed by atoms with Gasteiger partial charge in [-0.15, -0.1) is 0 Å². The SMILES string of the molecule is CN=C(NCCC(=O)Nc1cccc(Cl)c1C)N1CCc2ccccc21. The number of carbonyl (C=O) groups is 1. The minimum Gasteiger partial charge on any atom is -0.355 e. The summed E-state index contributed by atoms with van der Waals surface area (Å²) in [7, 11) is 1.76. The van der Waals surface area contributed by atoms with Crippen LogP contribution >= 0.6 is 11.6 Å². The highest BCUT2D eigenvalue weighted by Gasteiger charge is 2.22. The molecule has 5 nitrogen and oxygen atoms in total. The number of para-hydroxylation sites is 1. The number of hydrogen-bond acceptors (Lipinski definition) is 2. The summed E-state index contributed by atoms with van der Waals surface area (Å²) in [6.07, 6.45) is 1.35. The molecule has 1 aliphatic rings. The quantitative estimate of drug-likeness (QED) is 0.638. The predicted octanol–water partition coefficient (Wildman–Crippen LogP) is 3.62. The highest BCUT2D eigenvalue weighted by atomic mass is 35.5. The van der Waals surface area contributed by atoms with E-state index in [1.54, 1.807) is 7.05 Å². The lowest BCUT2D eigenvalue weighted by atomic mass is 10.2. The molecule has 2 aromatic rings. The predicted molar refractivity (Wildman–Crippen MR) is 108 cm³/mol. The van der Waals surface area contributed by atoms with Gasteiger partial charge in [0.15, 0.2) is 5.96 Å². The molecule has 1 aliphatic heterocycles. The third-order valence-corrected chi connectivity index (χ3v) is 4.94. The Bertz CT molecular complexity index is 834. The Morgan fingerprint density at radius 2 is 2.04 bits per heavy atom. The summed E-state index contributed by atoms with van der Waals surface area (Å²) in [5.74, 6) is 0.738. The Kier molecular flexibility index (Phi) is 5.78. The van der Waals surface area contributed by atoms with E-state index in [1.165, 1.54) is 11.3 Å². The van der Waals surface area contributed by atoms with Crippen molar-refractivity contribution in [3.63, 3.8) is 0 Å². The third kappa shape index (κ3) is 3.99. The lowest BCUT2D eigenvalue weighted by molar-refractivity contribution is -0.116. The van der Waals surface area contributed by atoms with Crippen LogP contribution in [-0.4, -0.2) is 32.0 Å². The summed E-state index contributed by atoms with van der Waals surface area (Å²) in [6, 6.07) is 13.8. The Labute approximate surface area is 159 Å². The highest BCUT2D eigenvalue weighted by molar-refractivity contribution is 6.31. The summed E-state index contributed by atoms with van der Waals surface area (Å²) < 4.78 is 0. The fourth-order valence-corrected chi connectivity index (χ4v) is 3.27. The van der Waals surface area contributed by atoms with Crippen LogP contribution in [0, 0.1) is 6.92 Å². The summed E-state index contributed by atoms with van der Waals surface area (Å²) in [5, 5.41) is 6.84. The van der Waals surface area contributed by atoms with E-state index in [-0.39, 0.29) is 5.91 Å². The number of nitrogens with one attached hydrogen (secondary N) is 2. The summed E-state index contributed by atoms with van der Waals surface area (Å²) in [4.78, 5) is 18.7. The zero-order valence-corrected chi connectivity index (χ0v) is 15.8. The molecule has 2 N–H and O–H groups in total. The normalized spacial score (nSPS) is 13.5. The van der Waals surface area contributed by atoms with Crippen molar-refractivity contribution in [1.29, 1.82) is 0 Å². The topological polar surface area (TPSA) is 56.7 Å². The van der Waals surface area contributed by atoms with Crippen molar-refractivity contribution in [3.05, 3.63) is 58.6 Å². The van der Waals surface area contributed by atoms with Gasteiger partial charge in [-0.1, -0.05) is 35.9 Å². The molecule has 0 aliphatic carbocycles. The maximum Gasteiger partial charge on any atom is 0.226 e. The second-order valence-corrected chi connectivity index (χ2v) is 6.62. The standard InChI is InChI=1S/C20H23ClN4O/c1-14-16(21)7-5-8-17(14)24-19(26)10-12-23-20(22-2)25-13-11-15-6-3-4-9-18(15)25/h3-9H,10-13H2,1-2H3,(H,22,23)(H,24,26). The molecule has 3 rings (SSSR count). The number of benzene rings is 2. The van der Waals surface area contributed by atoms with Crippen molar-refractivity contribution in [2.75, 3.05) is 30.4 Å². The van der Waals surface area contributed by atoms with Gasteiger partial charge in [0.05, 0.1) is 0 Å². The van der Waals surface area contributed by atoms with Gasteiger partial charge in [-0.3, -0.25) is 9.79 Å². The van der Waals surface area contributed by atoms with Crippen molar-refractivity contribution in [2.45, 2.75) is 19.8 Å². The van der Waals surface area contributed by atoms with Gasteiger partial charge < -0.3 is 15.5 Å². The second-order valence-electron chi connectivity index (χ2n) is 6.21. The molecule has 0 fully saturated rings. The Morgan fingerprint density at radius 3 is 2.85 bits per heavy atom. The van der Waals surface area contributed by atoms with Gasteiger partial charge >= 0.3 is 0 Å². The number of halogens is 1. The maximum atomic E-state index is 12.2. The van der Waals surface area contributed by atoms with E-state index in [9.17, 15) is 4.79 Å². The van der Waals surface area contributed by atoms with E-state index >= 15 is 0 Å². The zero-order valence-electron chi connectivity index (χ0n) is 15.1. The minimum absolute atomic E-state index is 0.0554. The first-order valence-corrected chi connectivity index (χ1v) is 9.09. The first-order chi connectivity index (χ1) is 12.6. The monoisotopic (exact) mass is 370 g/mol. The van der Waals surface area contributed by atoms with Crippen molar-refractivity contribution in [1.82, 2.24) is 5.32 Å². The van der Waals surface area contributed by atoms with Crippen molar-refractivity contribution < 1.29 is 4.79 Å². The van der Waals surface area contributed by atoms with Gasteiger partial charge in [0, 0.05) is 43.0 Å². The van der Waals surface area contributed by atoms with Crippen molar-refractivity contribution in [2.24, 2.45) is 4.99 Å². The molecule has 2 aromatic carbocycles. The smallest absolute Gasteiger partial charge is 0.226 e. The van der Waals surface area contributed by atoms with Crippen LogP contribution in [0.4, 0.5) is 11.4 Å². The Hall–Kier alpha value is -2.53. The number of guanidine groups is 1. The Morgan fingerprint density at radius 1 is 1.23 bits per heavy atom. The van der Waals surface area contributed by atoms with E-state index in [1.807, 2.05) is 31.2 Å². The molecule has 0 radical (unpaired) electrons. The number of aliphatic imine (C=N–C) groups is 1. The fraction of sp³-hybridized carbons (Fsp3) is 0.300. The van der Waals surface area contributed by atoms with Crippen LogP contribution in [0.1, 0.15) is 17.5 Å². The molecular weight excluding hydrogens is 348 g/mol. The highest BCUT2D eigenvalue weighted by Crippen LogP contribution is 2.27. The molecule has 6 heteroatoms. The van der Waals surface area contributed by atoms with Crippen LogP contribution < -0.4 is 15.5 Å². The lowest BCUT2D eigenvalue weighted by Crippen LogP contribution is -2.41. The Balaban J connectivity index is 1.54. The molecule has 1 amide bonds. The number of fused-ring (bicyclic) bond motifs is 1. The number of hydrogen-bond donors (Lipinski definition) is 2. The van der Waals surface area contributed by atoms with Crippen molar-refractivity contribution in [3.8, 4) is 0 Å². The maximum absolute atomic E-state index is 12.2. The molecule has 0 unspecified atom stereocenters. The first kappa shape index (κ1) is 18.3. The van der Waals surface area contributed by atoms with Gasteiger partial charge in [0.2, 0.25) is 5.91 Å². The molecule has 0 bridgehead atoms. The summed E-state index contributed by atoms with van der Waals surface area (Å²) in [5.41, 5.74) is 4.13. The number of anilines is 2. The molecule has 136 valence electrons. The average molecular weight is 371 g/mol. The first-order valence-electron chi connectivity index (χ1n) is 8.71. The number of amides is 1. The second kappa shape index (κ2) is 8.23. The molecule has 0 atom stereocenters. The summed E-state index contributed by atoms with van der Waals surface area (Å²) in [6.45, 7) is 3.30. The van der Waals surface area contributed by atoms with Gasteiger partial charge in [0.1, 0.15) is 0 Å². The molecule has 0 saturated heterocycles. The molecule has 1 heterocycles. The minimum atomic E-state index is -0.0554. The molecule has 0 aromatic heterocycles. The number of nitrogens with zero attached hydrogens (tertiary/aromatic N) is 2. The average Bonchev–Trinajstić information content (AvgIpc) is 3.07. The van der Waals surface area contributed by atoms with E-state index in [0.29, 0.717) is 18.0 Å². The van der Waals surface area contributed by atoms with Crippen LogP contribution in [0.25, 0.3) is 0 Å². The molecule has 26 heavy (non-hydrogen) atoms. The van der Waals surface area contributed by atoms with Crippen molar-refractivity contribution >= 4 is 34.8 Å². The molecule has 0 spiro atoms. The zero-order chi connectivity index (χ0) is 18.5. The van der Waals surface area contributed by atoms with E-state index in [4.69, 9.17) is 11.6 Å². The lowest BCUT2D eigenvalue weighted by Gasteiger charge is -2.22. The van der Waals surface area contributed by atoms with Crippen LogP contribution in [0.2, 0.25) is 5.02 Å². The van der Waals surface area contributed by atoms with Gasteiger partial charge in [-0.05, 0) is 42.7 Å². The largest absolute Gasteiger partial charge is 0.355 e. The fourth-order valence-electron chi connectivity index (χ4n) is 3.10. The van der Waals surface area contributed by atoms with Gasteiger partial charge in [-0.25, -0.2) is 0 Å². The van der Waals surface area contributed by atoms with Crippen LogP contribution in [0.3, 0.4) is 0 Å². The van der Waals surface area contributed by atoms with E-state index < -0.39 is 0 Å². The van der Waals surface area contributed by atoms with Gasteiger partial charge in [-0.2, -0.15) is 0 Å².